The second-order valence-electron chi connectivity index (χ2n) is 3.84. The van der Waals surface area contributed by atoms with Gasteiger partial charge in [-0.3, -0.25) is 0 Å². The van der Waals surface area contributed by atoms with E-state index >= 15 is 0 Å². The highest BCUT2D eigenvalue weighted by Gasteiger charge is 2.08. The van der Waals surface area contributed by atoms with E-state index in [2.05, 4.69) is 4.98 Å². The van der Waals surface area contributed by atoms with Crippen LogP contribution in [0.3, 0.4) is 0 Å². The van der Waals surface area contributed by atoms with Gasteiger partial charge in [0, 0.05) is 30.5 Å². The highest BCUT2D eigenvalue weighted by atomic mass is 16.5. The number of carboxylic acids is 1. The molecule has 1 N–H and O–H groups in total. The molecule has 0 atom stereocenters. The fourth-order valence-corrected chi connectivity index (χ4v) is 1.56. The third-order valence-corrected chi connectivity index (χ3v) is 2.53. The zero-order valence-corrected chi connectivity index (χ0v) is 11.0. The minimum Gasteiger partial charge on any atom is -0.496 e. The Morgan fingerprint density at radius 2 is 1.65 bits per heavy atom. The summed E-state index contributed by atoms with van der Waals surface area (Å²) >= 11 is 0. The molecule has 0 saturated carbocycles. The van der Waals surface area contributed by atoms with Gasteiger partial charge in [-0.15, -0.1) is 0 Å². The van der Waals surface area contributed by atoms with E-state index in [0.717, 1.165) is 0 Å². The molecule has 0 saturated heterocycles. The largest absolute Gasteiger partial charge is 0.496 e. The fraction of sp³-hybridized carbons (Fsp3) is 0.143. The Bertz CT molecular complexity index is 604. The Morgan fingerprint density at radius 1 is 1.05 bits per heavy atom. The van der Waals surface area contributed by atoms with Gasteiger partial charge in [0.15, 0.2) is 0 Å². The van der Waals surface area contributed by atoms with E-state index in [-0.39, 0.29) is 11.4 Å². The van der Waals surface area contributed by atoms with Gasteiger partial charge in [-0.1, -0.05) is 0 Å². The first-order valence-electron chi connectivity index (χ1n) is 5.72. The average molecular weight is 275 g/mol. The highest BCUT2D eigenvalue weighted by molar-refractivity contribution is 5.87. The van der Waals surface area contributed by atoms with Crippen LogP contribution in [0.4, 0.5) is 0 Å². The molecule has 1 heterocycles. The summed E-state index contributed by atoms with van der Waals surface area (Å²) in [5, 5.41) is 8.92. The van der Waals surface area contributed by atoms with E-state index in [1.54, 1.807) is 18.2 Å². The molecular weight excluding hydrogens is 262 g/mol. The van der Waals surface area contributed by atoms with Gasteiger partial charge >= 0.3 is 5.97 Å². The summed E-state index contributed by atoms with van der Waals surface area (Å²) in [5.74, 6) is 0.708. The van der Waals surface area contributed by atoms with Gasteiger partial charge in [-0.2, -0.15) is 0 Å². The lowest BCUT2D eigenvalue weighted by molar-refractivity contribution is 0.0696. The van der Waals surface area contributed by atoms with Crippen molar-refractivity contribution in [3.63, 3.8) is 0 Å². The van der Waals surface area contributed by atoms with E-state index in [9.17, 15) is 4.79 Å². The second-order valence-corrected chi connectivity index (χ2v) is 3.84. The van der Waals surface area contributed by atoms with Gasteiger partial charge in [0.25, 0.3) is 0 Å². The maximum Gasteiger partial charge on any atom is 0.335 e. The average Bonchev–Trinajstić information content (AvgIpc) is 2.47. The Morgan fingerprint density at radius 3 is 2.20 bits per heavy atom. The monoisotopic (exact) mass is 275 g/mol. The number of hydrogen-bond acceptors (Lipinski definition) is 5. The maximum absolute atomic E-state index is 10.9. The molecule has 1 aromatic carbocycles. The van der Waals surface area contributed by atoms with E-state index in [1.165, 1.54) is 32.5 Å². The summed E-state index contributed by atoms with van der Waals surface area (Å²) in [6.07, 6.45) is 1.37. The van der Waals surface area contributed by atoms with E-state index < -0.39 is 5.97 Å². The van der Waals surface area contributed by atoms with Crippen molar-refractivity contribution in [3.8, 4) is 23.1 Å². The fourth-order valence-electron chi connectivity index (χ4n) is 1.56. The van der Waals surface area contributed by atoms with E-state index in [1.807, 2.05) is 0 Å². The van der Waals surface area contributed by atoms with Crippen LogP contribution in [0.1, 0.15) is 10.4 Å². The third kappa shape index (κ3) is 3.17. The summed E-state index contributed by atoms with van der Waals surface area (Å²) in [4.78, 5) is 14.8. The Hall–Kier alpha value is -2.76. The van der Waals surface area contributed by atoms with Crippen LogP contribution in [0.15, 0.2) is 36.5 Å². The zero-order valence-electron chi connectivity index (χ0n) is 11.0. The van der Waals surface area contributed by atoms with Gasteiger partial charge in [0.05, 0.1) is 19.8 Å². The third-order valence-electron chi connectivity index (χ3n) is 2.53. The number of aromatic nitrogens is 1. The minimum atomic E-state index is -1.04. The number of benzene rings is 1. The number of nitrogens with zero attached hydrogens (tertiary/aromatic N) is 1. The lowest BCUT2D eigenvalue weighted by Crippen LogP contribution is -1.98. The summed E-state index contributed by atoms with van der Waals surface area (Å²) in [5.41, 5.74) is 0.102. The molecule has 6 nitrogen and oxygen atoms in total. The molecule has 0 aliphatic rings. The number of rotatable bonds is 5. The van der Waals surface area contributed by atoms with Crippen molar-refractivity contribution in [1.29, 1.82) is 0 Å². The van der Waals surface area contributed by atoms with Gasteiger partial charge in [0.2, 0.25) is 5.88 Å². The van der Waals surface area contributed by atoms with Crippen LogP contribution in [-0.2, 0) is 0 Å². The summed E-state index contributed by atoms with van der Waals surface area (Å²) < 4.78 is 15.8. The Kier molecular flexibility index (Phi) is 4.05. The van der Waals surface area contributed by atoms with Crippen LogP contribution < -0.4 is 14.2 Å². The lowest BCUT2D eigenvalue weighted by Gasteiger charge is -2.09. The van der Waals surface area contributed by atoms with Crippen molar-refractivity contribution >= 4 is 5.97 Å². The van der Waals surface area contributed by atoms with Gasteiger partial charge in [-0.05, 0) is 6.07 Å². The molecule has 2 aromatic rings. The molecule has 0 fully saturated rings. The zero-order chi connectivity index (χ0) is 14.5. The van der Waals surface area contributed by atoms with Crippen molar-refractivity contribution in [1.82, 2.24) is 4.98 Å². The molecule has 0 aliphatic heterocycles. The van der Waals surface area contributed by atoms with Crippen LogP contribution >= 0.6 is 0 Å². The molecule has 104 valence electrons. The van der Waals surface area contributed by atoms with Gasteiger partial charge in [0.1, 0.15) is 17.2 Å². The molecule has 2 rings (SSSR count). The first-order chi connectivity index (χ1) is 9.62. The van der Waals surface area contributed by atoms with Crippen molar-refractivity contribution in [2.24, 2.45) is 0 Å². The molecule has 0 unspecified atom stereocenters. The molecule has 0 aliphatic carbocycles. The second kappa shape index (κ2) is 5.92. The highest BCUT2D eigenvalue weighted by Crippen LogP contribution is 2.30. The molecular formula is C14H13NO5. The van der Waals surface area contributed by atoms with Crippen LogP contribution in [-0.4, -0.2) is 30.3 Å². The lowest BCUT2D eigenvalue weighted by atomic mass is 10.2. The first-order valence-corrected chi connectivity index (χ1v) is 5.72. The molecule has 1 aromatic heterocycles. The van der Waals surface area contributed by atoms with E-state index in [4.69, 9.17) is 19.3 Å². The molecule has 0 spiro atoms. The SMILES string of the molecule is COc1cc(OC)cc(Oc2cc(C(=O)O)ccn2)c1. The number of methoxy groups -OCH3 is 2. The topological polar surface area (TPSA) is 77.9 Å². The molecule has 20 heavy (non-hydrogen) atoms. The van der Waals surface area contributed by atoms with Crippen LogP contribution in [0.25, 0.3) is 0 Å². The first kappa shape index (κ1) is 13.7. The smallest absolute Gasteiger partial charge is 0.335 e. The van der Waals surface area contributed by atoms with E-state index in [0.29, 0.717) is 17.2 Å². The van der Waals surface area contributed by atoms with Crippen molar-refractivity contribution in [2.75, 3.05) is 14.2 Å². The van der Waals surface area contributed by atoms with Crippen LogP contribution in [0.5, 0.6) is 23.1 Å². The predicted octanol–water partition coefficient (Wildman–Crippen LogP) is 2.59. The quantitative estimate of drug-likeness (QED) is 0.903. The number of pyridine rings is 1. The molecule has 0 amide bonds. The number of ether oxygens (including phenoxy) is 3. The maximum atomic E-state index is 10.9. The van der Waals surface area contributed by atoms with Crippen molar-refractivity contribution < 1.29 is 24.1 Å². The Balaban J connectivity index is 2.29. The molecule has 0 radical (unpaired) electrons. The molecule has 0 bridgehead atoms. The summed E-state index contributed by atoms with van der Waals surface area (Å²) in [6.45, 7) is 0. The number of aromatic carboxylic acids is 1. The predicted molar refractivity (Wildman–Crippen MR) is 70.8 cm³/mol. The number of carboxylic acid groups (broad SMARTS) is 1. The molecule has 6 heteroatoms. The summed E-state index contributed by atoms with van der Waals surface area (Å²) in [6, 6.07) is 7.74. The number of carbonyl (C=O) groups is 1. The van der Waals surface area contributed by atoms with Gasteiger partial charge < -0.3 is 19.3 Å². The number of hydrogen-bond donors (Lipinski definition) is 1. The van der Waals surface area contributed by atoms with Crippen LogP contribution in [0, 0.1) is 0 Å². The van der Waals surface area contributed by atoms with Gasteiger partial charge in [-0.25, -0.2) is 9.78 Å². The Labute approximate surface area is 115 Å². The summed E-state index contributed by atoms with van der Waals surface area (Å²) in [7, 11) is 3.06. The van der Waals surface area contributed by atoms with Crippen molar-refractivity contribution in [2.45, 2.75) is 0 Å². The van der Waals surface area contributed by atoms with Crippen LogP contribution in [0.2, 0.25) is 0 Å². The van der Waals surface area contributed by atoms with Crippen molar-refractivity contribution in [3.05, 3.63) is 42.1 Å². The minimum absolute atomic E-state index is 0.102. The standard InChI is InChI=1S/C14H13NO5/c1-18-10-6-11(19-2)8-12(7-10)20-13-5-9(14(16)17)3-4-15-13/h3-8H,1-2H3,(H,16,17). The normalized spacial score (nSPS) is 9.90.